The van der Waals surface area contributed by atoms with Gasteiger partial charge in [-0.15, -0.1) is 0 Å². The lowest BCUT2D eigenvalue weighted by Crippen LogP contribution is -2.20. The highest BCUT2D eigenvalue weighted by atomic mass is 19.1. The predicted octanol–water partition coefficient (Wildman–Crippen LogP) is 2.47. The first kappa shape index (κ1) is 13.0. The molecule has 0 bridgehead atoms. The Balaban J connectivity index is 2.06. The lowest BCUT2D eigenvalue weighted by atomic mass is 10.1. The van der Waals surface area contributed by atoms with E-state index in [9.17, 15) is 9.18 Å². The third-order valence-corrected chi connectivity index (χ3v) is 2.57. The highest BCUT2D eigenvalue weighted by Gasteiger charge is 2.21. The fourth-order valence-electron chi connectivity index (χ4n) is 1.58. The Morgan fingerprint density at radius 3 is 2.58 bits per heavy atom. The van der Waals surface area contributed by atoms with Crippen molar-refractivity contribution in [1.82, 2.24) is 4.98 Å². The Labute approximate surface area is 109 Å². The van der Waals surface area contributed by atoms with Crippen molar-refractivity contribution >= 4 is 5.97 Å². The number of aliphatic carboxylic acids is 1. The van der Waals surface area contributed by atoms with E-state index in [1.54, 1.807) is 18.2 Å². The molecule has 1 aromatic carbocycles. The van der Waals surface area contributed by atoms with Gasteiger partial charge in [0.2, 0.25) is 0 Å². The van der Waals surface area contributed by atoms with Crippen molar-refractivity contribution in [1.29, 1.82) is 0 Å². The van der Waals surface area contributed by atoms with Gasteiger partial charge in [0.15, 0.2) is 0 Å². The van der Waals surface area contributed by atoms with Gasteiger partial charge in [0.1, 0.15) is 24.1 Å². The molecule has 2 aromatic rings. The van der Waals surface area contributed by atoms with E-state index in [1.165, 1.54) is 30.5 Å². The molecule has 98 valence electrons. The summed E-state index contributed by atoms with van der Waals surface area (Å²) in [6.45, 7) is -0.0576. The van der Waals surface area contributed by atoms with Gasteiger partial charge in [0.25, 0.3) is 0 Å². The van der Waals surface area contributed by atoms with Crippen molar-refractivity contribution in [2.75, 3.05) is 6.61 Å². The molecule has 0 saturated carbocycles. The number of carboxylic acid groups (broad SMARTS) is 1. The van der Waals surface area contributed by atoms with Crippen LogP contribution in [0.25, 0.3) is 0 Å². The number of hydrogen-bond donors (Lipinski definition) is 1. The van der Waals surface area contributed by atoms with Crippen LogP contribution in [0, 0.1) is 5.82 Å². The molecule has 2 rings (SSSR count). The van der Waals surface area contributed by atoms with Crippen molar-refractivity contribution in [3.05, 3.63) is 60.2 Å². The Kier molecular flexibility index (Phi) is 4.07. The minimum atomic E-state index is -1.01. The van der Waals surface area contributed by atoms with Crippen LogP contribution in [0.4, 0.5) is 4.39 Å². The molecule has 0 saturated heterocycles. The summed E-state index contributed by atoms with van der Waals surface area (Å²) in [5, 5.41) is 9.17. The van der Waals surface area contributed by atoms with Crippen LogP contribution in [-0.4, -0.2) is 22.7 Å². The van der Waals surface area contributed by atoms with Crippen LogP contribution in [0.2, 0.25) is 0 Å². The summed E-state index contributed by atoms with van der Waals surface area (Å²) in [7, 11) is 0. The highest BCUT2D eigenvalue weighted by Crippen LogP contribution is 2.17. The fraction of sp³-hybridized carbons (Fsp3) is 0.143. The van der Waals surface area contributed by atoms with Crippen LogP contribution >= 0.6 is 0 Å². The lowest BCUT2D eigenvalue weighted by Gasteiger charge is -2.13. The molecule has 0 fully saturated rings. The molecular formula is C14H12FNO3. The van der Waals surface area contributed by atoms with E-state index in [0.717, 1.165) is 0 Å². The van der Waals surface area contributed by atoms with Gasteiger partial charge in [0, 0.05) is 6.20 Å². The van der Waals surface area contributed by atoms with Crippen LogP contribution in [0.1, 0.15) is 11.6 Å². The number of hydrogen-bond acceptors (Lipinski definition) is 3. The standard InChI is InChI=1S/C14H12FNO3/c15-10-4-6-11(7-5-10)19-9-12(14(17)18)13-3-1-2-8-16-13/h1-8,12H,9H2,(H,17,18). The Bertz CT molecular complexity index is 542. The molecule has 1 N–H and O–H groups in total. The van der Waals surface area contributed by atoms with Gasteiger partial charge in [-0.3, -0.25) is 9.78 Å². The van der Waals surface area contributed by atoms with Crippen molar-refractivity contribution in [3.63, 3.8) is 0 Å². The van der Waals surface area contributed by atoms with Gasteiger partial charge in [-0.2, -0.15) is 0 Å². The maximum atomic E-state index is 12.7. The summed E-state index contributed by atoms with van der Waals surface area (Å²) in [5.41, 5.74) is 0.428. The molecule has 0 radical (unpaired) electrons. The van der Waals surface area contributed by atoms with Crippen molar-refractivity contribution < 1.29 is 19.0 Å². The minimum absolute atomic E-state index is 0.0576. The normalized spacial score (nSPS) is 11.8. The van der Waals surface area contributed by atoms with Crippen LogP contribution in [0.15, 0.2) is 48.7 Å². The molecule has 0 aliphatic carbocycles. The Morgan fingerprint density at radius 2 is 2.00 bits per heavy atom. The maximum Gasteiger partial charge on any atom is 0.316 e. The molecule has 1 heterocycles. The van der Waals surface area contributed by atoms with Crippen molar-refractivity contribution in [2.24, 2.45) is 0 Å². The second-order valence-electron chi connectivity index (χ2n) is 3.91. The number of carboxylic acids is 1. The van der Waals surface area contributed by atoms with E-state index in [0.29, 0.717) is 11.4 Å². The molecule has 0 amide bonds. The molecule has 1 atom stereocenters. The molecule has 0 spiro atoms. The number of carbonyl (C=O) groups is 1. The number of pyridine rings is 1. The van der Waals surface area contributed by atoms with Crippen LogP contribution in [0.3, 0.4) is 0 Å². The summed E-state index contributed by atoms with van der Waals surface area (Å²) >= 11 is 0. The largest absolute Gasteiger partial charge is 0.492 e. The quantitative estimate of drug-likeness (QED) is 0.898. The summed E-state index contributed by atoms with van der Waals surface area (Å²) < 4.78 is 18.1. The van der Waals surface area contributed by atoms with Crippen molar-refractivity contribution in [3.8, 4) is 5.75 Å². The number of nitrogens with zero attached hydrogens (tertiary/aromatic N) is 1. The van der Waals surface area contributed by atoms with E-state index in [4.69, 9.17) is 9.84 Å². The summed E-state index contributed by atoms with van der Waals surface area (Å²) in [5.74, 6) is -1.82. The first-order valence-electron chi connectivity index (χ1n) is 5.69. The zero-order chi connectivity index (χ0) is 13.7. The molecule has 0 aliphatic rings. The van der Waals surface area contributed by atoms with Crippen LogP contribution in [0.5, 0.6) is 5.75 Å². The van der Waals surface area contributed by atoms with E-state index in [2.05, 4.69) is 4.98 Å². The lowest BCUT2D eigenvalue weighted by molar-refractivity contribution is -0.139. The average molecular weight is 261 g/mol. The number of benzene rings is 1. The molecule has 1 unspecified atom stereocenters. The Hall–Kier alpha value is -2.43. The van der Waals surface area contributed by atoms with Gasteiger partial charge in [-0.25, -0.2) is 4.39 Å². The van der Waals surface area contributed by atoms with Crippen LogP contribution in [-0.2, 0) is 4.79 Å². The SMILES string of the molecule is O=C(O)C(COc1ccc(F)cc1)c1ccccn1. The monoisotopic (exact) mass is 261 g/mol. The minimum Gasteiger partial charge on any atom is -0.492 e. The molecule has 4 nitrogen and oxygen atoms in total. The summed E-state index contributed by atoms with van der Waals surface area (Å²) in [6, 6.07) is 10.5. The van der Waals surface area contributed by atoms with E-state index < -0.39 is 11.9 Å². The fourth-order valence-corrected chi connectivity index (χ4v) is 1.58. The number of aromatic nitrogens is 1. The topological polar surface area (TPSA) is 59.4 Å². The van der Waals surface area contributed by atoms with E-state index in [1.807, 2.05) is 0 Å². The van der Waals surface area contributed by atoms with Gasteiger partial charge >= 0.3 is 5.97 Å². The molecular weight excluding hydrogens is 249 g/mol. The first-order valence-corrected chi connectivity index (χ1v) is 5.69. The number of halogens is 1. The average Bonchev–Trinajstić information content (AvgIpc) is 2.42. The third kappa shape index (κ3) is 3.51. The number of rotatable bonds is 5. The molecule has 1 aromatic heterocycles. The highest BCUT2D eigenvalue weighted by molar-refractivity contribution is 5.75. The first-order chi connectivity index (χ1) is 9.16. The molecule has 19 heavy (non-hydrogen) atoms. The zero-order valence-electron chi connectivity index (χ0n) is 9.99. The molecule has 0 aliphatic heterocycles. The van der Waals surface area contributed by atoms with E-state index in [-0.39, 0.29) is 12.4 Å². The summed E-state index contributed by atoms with van der Waals surface area (Å²) in [4.78, 5) is 15.2. The smallest absolute Gasteiger partial charge is 0.316 e. The molecule has 5 heteroatoms. The van der Waals surface area contributed by atoms with Crippen molar-refractivity contribution in [2.45, 2.75) is 5.92 Å². The van der Waals surface area contributed by atoms with Gasteiger partial charge < -0.3 is 9.84 Å². The maximum absolute atomic E-state index is 12.7. The second kappa shape index (κ2) is 5.95. The van der Waals surface area contributed by atoms with Gasteiger partial charge in [-0.1, -0.05) is 6.07 Å². The van der Waals surface area contributed by atoms with Gasteiger partial charge in [-0.05, 0) is 36.4 Å². The third-order valence-electron chi connectivity index (χ3n) is 2.57. The summed E-state index contributed by atoms with van der Waals surface area (Å²) in [6.07, 6.45) is 1.53. The Morgan fingerprint density at radius 1 is 1.26 bits per heavy atom. The zero-order valence-corrected chi connectivity index (χ0v) is 9.99. The predicted molar refractivity (Wildman–Crippen MR) is 66.5 cm³/mol. The second-order valence-corrected chi connectivity index (χ2v) is 3.91. The van der Waals surface area contributed by atoms with E-state index >= 15 is 0 Å². The number of ether oxygens (including phenoxy) is 1. The van der Waals surface area contributed by atoms with Gasteiger partial charge in [0.05, 0.1) is 5.69 Å². The van der Waals surface area contributed by atoms with Crippen LogP contribution < -0.4 is 4.74 Å².